The fourth-order valence-corrected chi connectivity index (χ4v) is 1.94. The van der Waals surface area contributed by atoms with Gasteiger partial charge in [0.1, 0.15) is 5.15 Å². The highest BCUT2D eigenvalue weighted by atomic mass is 35.5. The van der Waals surface area contributed by atoms with Crippen LogP contribution < -0.4 is 0 Å². The van der Waals surface area contributed by atoms with Gasteiger partial charge in [0.05, 0.1) is 10.0 Å². The van der Waals surface area contributed by atoms with Crippen LogP contribution in [0.25, 0.3) is 11.1 Å². The minimum atomic E-state index is -1.15. The summed E-state index contributed by atoms with van der Waals surface area (Å²) in [7, 11) is 0. The maximum atomic E-state index is 11.1. The summed E-state index contributed by atoms with van der Waals surface area (Å²) < 4.78 is 0. The fraction of sp³-hybridized carbons (Fsp3) is 0. The smallest absolute Gasteiger partial charge is 0.355 e. The van der Waals surface area contributed by atoms with Crippen LogP contribution in [-0.2, 0) is 0 Å². The summed E-state index contributed by atoms with van der Waals surface area (Å²) in [6.45, 7) is 0. The first-order valence-electron chi connectivity index (χ1n) is 4.84. The van der Waals surface area contributed by atoms with Crippen molar-refractivity contribution in [1.29, 1.82) is 0 Å². The summed E-state index contributed by atoms with van der Waals surface area (Å²) in [5.74, 6) is -1.15. The number of halogens is 3. The number of carboxylic acid groups (broad SMARTS) is 1. The highest BCUT2D eigenvalue weighted by Crippen LogP contribution is 2.30. The van der Waals surface area contributed by atoms with Gasteiger partial charge in [-0.2, -0.15) is 0 Å². The first kappa shape index (κ1) is 13.1. The predicted molar refractivity (Wildman–Crippen MR) is 71.7 cm³/mol. The summed E-state index contributed by atoms with van der Waals surface area (Å²) in [5.41, 5.74) is 0.928. The van der Waals surface area contributed by atoms with Crippen molar-refractivity contribution in [2.24, 2.45) is 0 Å². The molecule has 0 unspecified atom stereocenters. The van der Waals surface area contributed by atoms with Gasteiger partial charge in [-0.15, -0.1) is 0 Å². The number of aromatic carboxylic acids is 1. The fourth-order valence-electron chi connectivity index (χ4n) is 1.49. The molecular weight excluding hydrogens is 296 g/mol. The standard InChI is InChI=1S/C12H6Cl3NO2/c13-8-3-1-6(5-9(8)14)7-2-4-10(15)16-11(7)12(17)18/h1-5H,(H,17,18). The zero-order chi connectivity index (χ0) is 13.3. The van der Waals surface area contributed by atoms with Crippen molar-refractivity contribution in [2.75, 3.05) is 0 Å². The third-order valence-corrected chi connectivity index (χ3v) is 3.24. The SMILES string of the molecule is O=C(O)c1nc(Cl)ccc1-c1ccc(Cl)c(Cl)c1. The van der Waals surface area contributed by atoms with E-state index in [9.17, 15) is 4.79 Å². The number of nitrogens with zero attached hydrogens (tertiary/aromatic N) is 1. The van der Waals surface area contributed by atoms with E-state index in [4.69, 9.17) is 39.9 Å². The Morgan fingerprint density at radius 3 is 2.39 bits per heavy atom. The molecule has 0 spiro atoms. The number of rotatable bonds is 2. The van der Waals surface area contributed by atoms with Gasteiger partial charge in [-0.05, 0) is 29.8 Å². The maximum Gasteiger partial charge on any atom is 0.355 e. The molecule has 0 aliphatic carbocycles. The van der Waals surface area contributed by atoms with Crippen molar-refractivity contribution in [3.8, 4) is 11.1 Å². The van der Waals surface area contributed by atoms with Crippen molar-refractivity contribution < 1.29 is 9.90 Å². The van der Waals surface area contributed by atoms with Crippen LogP contribution in [0.1, 0.15) is 10.5 Å². The van der Waals surface area contributed by atoms with Gasteiger partial charge in [-0.25, -0.2) is 9.78 Å². The normalized spacial score (nSPS) is 10.4. The number of carbonyl (C=O) groups is 1. The number of aromatic nitrogens is 1. The molecule has 0 amide bonds. The van der Waals surface area contributed by atoms with Crippen LogP contribution in [0.3, 0.4) is 0 Å². The zero-order valence-corrected chi connectivity index (χ0v) is 11.1. The summed E-state index contributed by atoms with van der Waals surface area (Å²) in [5, 5.41) is 9.97. The number of hydrogen-bond donors (Lipinski definition) is 1. The van der Waals surface area contributed by atoms with Crippen LogP contribution in [0.4, 0.5) is 0 Å². The lowest BCUT2D eigenvalue weighted by Crippen LogP contribution is -2.03. The Bertz CT molecular complexity index is 629. The molecule has 0 fully saturated rings. The molecule has 0 saturated heterocycles. The largest absolute Gasteiger partial charge is 0.476 e. The van der Waals surface area contributed by atoms with Gasteiger partial charge in [-0.3, -0.25) is 0 Å². The quantitative estimate of drug-likeness (QED) is 0.836. The van der Waals surface area contributed by atoms with E-state index in [1.807, 2.05) is 0 Å². The minimum absolute atomic E-state index is 0.121. The van der Waals surface area contributed by atoms with E-state index in [0.29, 0.717) is 21.2 Å². The molecule has 2 aromatic rings. The molecule has 3 nitrogen and oxygen atoms in total. The number of pyridine rings is 1. The first-order valence-corrected chi connectivity index (χ1v) is 5.97. The van der Waals surface area contributed by atoms with Gasteiger partial charge in [0.2, 0.25) is 0 Å². The monoisotopic (exact) mass is 301 g/mol. The first-order chi connectivity index (χ1) is 8.49. The van der Waals surface area contributed by atoms with Crippen LogP contribution in [-0.4, -0.2) is 16.1 Å². The molecule has 0 saturated carbocycles. The van der Waals surface area contributed by atoms with E-state index in [0.717, 1.165) is 0 Å². The zero-order valence-electron chi connectivity index (χ0n) is 8.82. The van der Waals surface area contributed by atoms with E-state index in [-0.39, 0.29) is 10.8 Å². The molecule has 1 aromatic heterocycles. The average molecular weight is 303 g/mol. The van der Waals surface area contributed by atoms with Gasteiger partial charge in [0, 0.05) is 5.56 Å². The molecule has 0 radical (unpaired) electrons. The van der Waals surface area contributed by atoms with Crippen molar-refractivity contribution in [3.05, 3.63) is 51.2 Å². The summed E-state index contributed by atoms with van der Waals surface area (Å²) >= 11 is 17.4. The van der Waals surface area contributed by atoms with Crippen molar-refractivity contribution >= 4 is 40.8 Å². The predicted octanol–water partition coefficient (Wildman–Crippen LogP) is 4.41. The van der Waals surface area contributed by atoms with Crippen LogP contribution in [0, 0.1) is 0 Å². The summed E-state index contributed by atoms with van der Waals surface area (Å²) in [6.07, 6.45) is 0. The Balaban J connectivity index is 2.63. The van der Waals surface area contributed by atoms with Crippen molar-refractivity contribution in [3.63, 3.8) is 0 Å². The van der Waals surface area contributed by atoms with Crippen LogP contribution >= 0.6 is 34.8 Å². The molecule has 1 aromatic carbocycles. The number of benzene rings is 1. The molecule has 92 valence electrons. The Hall–Kier alpha value is -1.29. The van der Waals surface area contributed by atoms with E-state index in [2.05, 4.69) is 4.98 Å². The Kier molecular flexibility index (Phi) is 3.76. The summed E-state index contributed by atoms with van der Waals surface area (Å²) in [6, 6.07) is 7.95. The van der Waals surface area contributed by atoms with Crippen LogP contribution in [0.5, 0.6) is 0 Å². The van der Waals surface area contributed by atoms with Gasteiger partial charge in [-0.1, -0.05) is 40.9 Å². The third kappa shape index (κ3) is 2.58. The Morgan fingerprint density at radius 1 is 1.06 bits per heavy atom. The maximum absolute atomic E-state index is 11.1. The van der Waals surface area contributed by atoms with Crippen LogP contribution in [0.2, 0.25) is 15.2 Å². The molecule has 6 heteroatoms. The molecule has 1 N–H and O–H groups in total. The second kappa shape index (κ2) is 5.14. The van der Waals surface area contributed by atoms with Crippen LogP contribution in [0.15, 0.2) is 30.3 Å². The molecule has 1 heterocycles. The van der Waals surface area contributed by atoms with E-state index < -0.39 is 5.97 Å². The lowest BCUT2D eigenvalue weighted by atomic mass is 10.0. The van der Waals surface area contributed by atoms with Crippen molar-refractivity contribution in [2.45, 2.75) is 0 Å². The highest BCUT2D eigenvalue weighted by molar-refractivity contribution is 6.42. The molecule has 2 rings (SSSR count). The highest BCUT2D eigenvalue weighted by Gasteiger charge is 2.15. The molecule has 0 aliphatic heterocycles. The molecule has 0 bridgehead atoms. The Labute approximate surface area is 118 Å². The molecule has 0 aliphatic rings. The van der Waals surface area contributed by atoms with E-state index in [1.165, 1.54) is 6.07 Å². The lowest BCUT2D eigenvalue weighted by Gasteiger charge is -2.07. The molecular formula is C12H6Cl3NO2. The minimum Gasteiger partial charge on any atom is -0.476 e. The number of carboxylic acids is 1. The van der Waals surface area contributed by atoms with E-state index >= 15 is 0 Å². The Morgan fingerprint density at radius 2 is 1.78 bits per heavy atom. The molecule has 18 heavy (non-hydrogen) atoms. The van der Waals surface area contributed by atoms with Gasteiger partial charge in [0.15, 0.2) is 5.69 Å². The van der Waals surface area contributed by atoms with Gasteiger partial charge < -0.3 is 5.11 Å². The topological polar surface area (TPSA) is 50.2 Å². The van der Waals surface area contributed by atoms with Gasteiger partial charge in [0.25, 0.3) is 0 Å². The second-order valence-corrected chi connectivity index (χ2v) is 4.67. The second-order valence-electron chi connectivity index (χ2n) is 3.46. The third-order valence-electron chi connectivity index (χ3n) is 2.29. The van der Waals surface area contributed by atoms with Crippen molar-refractivity contribution in [1.82, 2.24) is 4.98 Å². The van der Waals surface area contributed by atoms with E-state index in [1.54, 1.807) is 24.3 Å². The van der Waals surface area contributed by atoms with Gasteiger partial charge >= 0.3 is 5.97 Å². The summed E-state index contributed by atoms with van der Waals surface area (Å²) in [4.78, 5) is 14.9. The number of hydrogen-bond acceptors (Lipinski definition) is 2. The lowest BCUT2D eigenvalue weighted by molar-refractivity contribution is 0.0691. The average Bonchev–Trinajstić information content (AvgIpc) is 2.32. The molecule has 0 atom stereocenters.